The Morgan fingerprint density at radius 3 is 2.24 bits per heavy atom. The van der Waals surface area contributed by atoms with Crippen molar-refractivity contribution in [2.45, 2.75) is 4.90 Å². The molecule has 1 saturated heterocycles. The molecule has 2 aliphatic heterocycles. The van der Waals surface area contributed by atoms with Crippen molar-refractivity contribution in [3.63, 3.8) is 0 Å². The zero-order valence-corrected chi connectivity index (χ0v) is 14.1. The highest BCUT2D eigenvalue weighted by Gasteiger charge is 2.30. The number of piperazine rings is 1. The third kappa shape index (κ3) is 2.90. The highest BCUT2D eigenvalue weighted by molar-refractivity contribution is 9.10. The molecule has 0 aromatic heterocycles. The summed E-state index contributed by atoms with van der Waals surface area (Å²) in [5, 5.41) is 0. The minimum atomic E-state index is -3.53. The van der Waals surface area contributed by atoms with Crippen LogP contribution in [0.5, 0.6) is 11.5 Å². The zero-order valence-electron chi connectivity index (χ0n) is 11.7. The minimum Gasteiger partial charge on any atom is -0.486 e. The molecule has 2 aliphatic rings. The van der Waals surface area contributed by atoms with E-state index in [1.54, 1.807) is 12.1 Å². The number of benzene rings is 1. The first kappa shape index (κ1) is 15.1. The van der Waals surface area contributed by atoms with Crippen molar-refractivity contribution < 1.29 is 17.9 Å². The molecule has 3 rings (SSSR count). The van der Waals surface area contributed by atoms with Gasteiger partial charge in [-0.25, -0.2) is 8.42 Å². The summed E-state index contributed by atoms with van der Waals surface area (Å²) < 4.78 is 38.5. The second-order valence-electron chi connectivity index (χ2n) is 5.13. The third-order valence-corrected chi connectivity index (χ3v) is 6.53. The second kappa shape index (κ2) is 5.75. The van der Waals surface area contributed by atoms with Gasteiger partial charge in [0.2, 0.25) is 10.0 Å². The molecule has 0 aliphatic carbocycles. The Bertz CT molecular complexity index is 642. The van der Waals surface area contributed by atoms with Gasteiger partial charge in [0, 0.05) is 36.7 Å². The first-order valence-electron chi connectivity index (χ1n) is 6.76. The zero-order chi connectivity index (χ0) is 15.0. The molecule has 21 heavy (non-hydrogen) atoms. The monoisotopic (exact) mass is 376 g/mol. The molecule has 1 aromatic rings. The fourth-order valence-corrected chi connectivity index (χ4v) is 4.83. The Morgan fingerprint density at radius 2 is 1.62 bits per heavy atom. The summed E-state index contributed by atoms with van der Waals surface area (Å²) in [4.78, 5) is 2.35. The molecule has 1 fully saturated rings. The lowest BCUT2D eigenvalue weighted by Gasteiger charge is -2.32. The largest absolute Gasteiger partial charge is 0.486 e. The topological polar surface area (TPSA) is 59.1 Å². The van der Waals surface area contributed by atoms with Crippen LogP contribution in [-0.2, 0) is 10.0 Å². The summed E-state index contributed by atoms with van der Waals surface area (Å²) >= 11 is 3.34. The molecule has 116 valence electrons. The third-order valence-electron chi connectivity index (χ3n) is 3.68. The van der Waals surface area contributed by atoms with E-state index in [4.69, 9.17) is 9.47 Å². The highest BCUT2D eigenvalue weighted by Crippen LogP contribution is 2.38. The number of fused-ring (bicyclic) bond motifs is 1. The highest BCUT2D eigenvalue weighted by atomic mass is 79.9. The fourth-order valence-electron chi connectivity index (χ4n) is 2.41. The maximum absolute atomic E-state index is 12.8. The van der Waals surface area contributed by atoms with E-state index < -0.39 is 10.0 Å². The van der Waals surface area contributed by atoms with Crippen molar-refractivity contribution in [1.29, 1.82) is 0 Å². The van der Waals surface area contributed by atoms with Crippen LogP contribution in [0.3, 0.4) is 0 Å². The summed E-state index contributed by atoms with van der Waals surface area (Å²) in [6.45, 7) is 3.38. The summed E-state index contributed by atoms with van der Waals surface area (Å²) in [5.74, 6) is 1.06. The molecule has 0 unspecified atom stereocenters. The van der Waals surface area contributed by atoms with Crippen LogP contribution in [0.1, 0.15) is 0 Å². The number of halogens is 1. The number of nitrogens with zero attached hydrogens (tertiary/aromatic N) is 2. The van der Waals surface area contributed by atoms with Gasteiger partial charge >= 0.3 is 0 Å². The van der Waals surface area contributed by atoms with E-state index in [2.05, 4.69) is 20.8 Å². The maximum atomic E-state index is 12.8. The van der Waals surface area contributed by atoms with Gasteiger partial charge in [-0.2, -0.15) is 4.31 Å². The van der Waals surface area contributed by atoms with Crippen LogP contribution in [-0.4, -0.2) is 64.1 Å². The minimum absolute atomic E-state index is 0.233. The smallest absolute Gasteiger partial charge is 0.244 e. The number of hydrogen-bond acceptors (Lipinski definition) is 5. The lowest BCUT2D eigenvalue weighted by molar-refractivity contribution is 0.170. The predicted octanol–water partition coefficient (Wildman–Crippen LogP) is 1.16. The SMILES string of the molecule is CN1CCN(S(=O)(=O)c2cc3c(cc2Br)OCCO3)CC1. The van der Waals surface area contributed by atoms with E-state index in [1.807, 2.05) is 7.05 Å². The van der Waals surface area contributed by atoms with Gasteiger partial charge < -0.3 is 14.4 Å². The van der Waals surface area contributed by atoms with Gasteiger partial charge in [-0.1, -0.05) is 0 Å². The van der Waals surface area contributed by atoms with Crippen LogP contribution < -0.4 is 9.47 Å². The molecule has 8 heteroatoms. The Balaban J connectivity index is 1.95. The number of hydrogen-bond donors (Lipinski definition) is 0. The second-order valence-corrected chi connectivity index (χ2v) is 7.89. The van der Waals surface area contributed by atoms with Crippen molar-refractivity contribution in [3.8, 4) is 11.5 Å². The number of likely N-dealkylation sites (N-methyl/N-ethyl adjacent to an activating group) is 1. The summed E-state index contributed by atoms with van der Waals surface area (Å²) in [6.07, 6.45) is 0. The summed E-state index contributed by atoms with van der Waals surface area (Å²) in [7, 11) is -1.54. The number of rotatable bonds is 2. The standard InChI is InChI=1S/C13H17BrN2O4S/c1-15-2-4-16(5-3-15)21(17,18)13-9-12-11(8-10(13)14)19-6-7-20-12/h8-9H,2-7H2,1H3. The van der Waals surface area contributed by atoms with E-state index in [0.29, 0.717) is 42.3 Å². The van der Waals surface area contributed by atoms with Crippen LogP contribution in [0.15, 0.2) is 21.5 Å². The molecule has 0 bridgehead atoms. The first-order chi connectivity index (χ1) is 9.98. The Morgan fingerprint density at radius 1 is 1.05 bits per heavy atom. The van der Waals surface area contributed by atoms with Crippen LogP contribution in [0.4, 0.5) is 0 Å². The number of sulfonamides is 1. The lowest BCUT2D eigenvalue weighted by atomic mass is 10.3. The molecule has 0 radical (unpaired) electrons. The van der Waals surface area contributed by atoms with Gasteiger partial charge in [0.1, 0.15) is 18.1 Å². The first-order valence-corrected chi connectivity index (χ1v) is 8.99. The van der Waals surface area contributed by atoms with E-state index in [-0.39, 0.29) is 4.90 Å². The summed E-state index contributed by atoms with van der Waals surface area (Å²) in [5.41, 5.74) is 0. The average Bonchev–Trinajstić information content (AvgIpc) is 2.47. The molecular weight excluding hydrogens is 360 g/mol. The van der Waals surface area contributed by atoms with E-state index in [1.165, 1.54) is 4.31 Å². The normalized spacial score (nSPS) is 20.5. The lowest BCUT2D eigenvalue weighted by Crippen LogP contribution is -2.47. The quantitative estimate of drug-likeness (QED) is 0.774. The summed E-state index contributed by atoms with van der Waals surface area (Å²) in [6, 6.07) is 3.21. The van der Waals surface area contributed by atoms with E-state index in [0.717, 1.165) is 13.1 Å². The Labute approximate surface area is 132 Å². The van der Waals surface area contributed by atoms with Crippen molar-refractivity contribution in [2.75, 3.05) is 46.4 Å². The van der Waals surface area contributed by atoms with Crippen molar-refractivity contribution in [1.82, 2.24) is 9.21 Å². The molecule has 0 saturated carbocycles. The molecule has 0 atom stereocenters. The van der Waals surface area contributed by atoms with Crippen LogP contribution in [0, 0.1) is 0 Å². The van der Waals surface area contributed by atoms with Gasteiger partial charge in [-0.3, -0.25) is 0 Å². The van der Waals surface area contributed by atoms with Gasteiger partial charge in [-0.05, 0) is 29.0 Å². The van der Waals surface area contributed by atoms with Crippen LogP contribution in [0.25, 0.3) is 0 Å². The van der Waals surface area contributed by atoms with Crippen molar-refractivity contribution in [2.24, 2.45) is 0 Å². The van der Waals surface area contributed by atoms with Gasteiger partial charge in [0.05, 0.1) is 0 Å². The average molecular weight is 377 g/mol. The molecule has 6 nitrogen and oxygen atoms in total. The maximum Gasteiger partial charge on any atom is 0.244 e. The molecule has 0 N–H and O–H groups in total. The molecule has 0 amide bonds. The van der Waals surface area contributed by atoms with Gasteiger partial charge in [-0.15, -0.1) is 0 Å². The van der Waals surface area contributed by atoms with Gasteiger partial charge in [0.25, 0.3) is 0 Å². The van der Waals surface area contributed by atoms with E-state index >= 15 is 0 Å². The number of ether oxygens (including phenoxy) is 2. The molecule has 2 heterocycles. The Kier molecular flexibility index (Phi) is 4.13. The van der Waals surface area contributed by atoms with Crippen molar-refractivity contribution >= 4 is 26.0 Å². The molecular formula is C13H17BrN2O4S. The predicted molar refractivity (Wildman–Crippen MR) is 81.4 cm³/mol. The molecule has 1 aromatic carbocycles. The molecule has 0 spiro atoms. The van der Waals surface area contributed by atoms with Gasteiger partial charge in [0.15, 0.2) is 11.5 Å². The van der Waals surface area contributed by atoms with E-state index in [9.17, 15) is 8.42 Å². The van der Waals surface area contributed by atoms with Crippen LogP contribution >= 0.6 is 15.9 Å². The fraction of sp³-hybridized carbons (Fsp3) is 0.538. The van der Waals surface area contributed by atoms with Crippen LogP contribution in [0.2, 0.25) is 0 Å². The van der Waals surface area contributed by atoms with Crippen molar-refractivity contribution in [3.05, 3.63) is 16.6 Å². The Hall–Kier alpha value is -0.830.